The third-order valence-corrected chi connectivity index (χ3v) is 0. The van der Waals surface area contributed by atoms with E-state index >= 15 is 0 Å². The van der Waals surface area contributed by atoms with E-state index in [4.69, 9.17) is 0 Å². The highest BCUT2D eigenvalue weighted by Gasteiger charge is 0.00000704. The molecule has 0 aromatic heterocycles. The fraction of sp³-hybridized carbons (Fsp3) is 0. The predicted octanol–water partition coefficient (Wildman–Crippen LogP) is -20.1. The molecule has 1 radical (unpaired) electrons. The Hall–Kier alpha value is 0.240. The van der Waals surface area contributed by atoms with Gasteiger partial charge < -0.3 is 32.9 Å². The molecule has 0 fully saturated rings. The topological polar surface area (TPSA) is 0 Å². The van der Waals surface area contributed by atoms with Gasteiger partial charge in [0, 0.05) is 24.0 Å². The van der Waals surface area contributed by atoms with Gasteiger partial charge in [-0.2, -0.15) is 0 Å². The minimum Gasteiger partial charge on any atom is -1.00 e. The molecule has 0 heterocycles. The average molecular weight is 260 g/mol. The van der Waals surface area contributed by atoms with Crippen LogP contribution in [0.15, 0.2) is 0 Å². The van der Waals surface area contributed by atoms with E-state index in [9.17, 15) is 0 Å². The van der Waals surface area contributed by atoms with Crippen molar-refractivity contribution in [3.8, 4) is 0 Å². The SMILES string of the molecule is [F-].[F-].[F-].[F-].[F-].[F-].[F-].[I]. The zero-order valence-corrected chi connectivity index (χ0v) is 5.18. The highest BCUT2D eigenvalue weighted by atomic mass is 127. The van der Waals surface area contributed by atoms with Crippen LogP contribution in [0.1, 0.15) is 0 Å². The van der Waals surface area contributed by atoms with E-state index < -0.39 is 0 Å². The van der Waals surface area contributed by atoms with Gasteiger partial charge in [-0.3, -0.25) is 0 Å². The van der Waals surface area contributed by atoms with E-state index in [0.717, 1.165) is 0 Å². The lowest BCUT2D eigenvalue weighted by Gasteiger charge is -1.00. The maximum Gasteiger partial charge on any atom is 0 e. The Morgan fingerprint density at radius 3 is 0.250 bits per heavy atom. The van der Waals surface area contributed by atoms with Gasteiger partial charge >= 0.3 is 0 Å². The molecule has 8 heteroatoms. The number of rotatable bonds is 0. The highest BCUT2D eigenvalue weighted by Crippen LogP contribution is 0.886. The van der Waals surface area contributed by atoms with E-state index in [1.54, 1.807) is 0 Å². The quantitative estimate of drug-likeness (QED) is 0.300. The van der Waals surface area contributed by atoms with Gasteiger partial charge in [0.05, 0.1) is 0 Å². The van der Waals surface area contributed by atoms with Gasteiger partial charge in [0.15, 0.2) is 0 Å². The Labute approximate surface area is 57.6 Å². The largest absolute Gasteiger partial charge is 1.00 e. The van der Waals surface area contributed by atoms with Crippen LogP contribution in [0.2, 0.25) is 0 Å². The Kier molecular flexibility index (Phi) is 4590000. The van der Waals surface area contributed by atoms with E-state index in [0.29, 0.717) is 0 Å². The minimum absolute atomic E-state index is 0. The van der Waals surface area contributed by atoms with Crippen molar-refractivity contribution in [2.45, 2.75) is 0 Å². The second-order valence-electron chi connectivity index (χ2n) is 0. The number of halogens is 8. The van der Waals surface area contributed by atoms with E-state index in [-0.39, 0.29) is 56.9 Å². The third-order valence-electron chi connectivity index (χ3n) is 0. The first-order chi connectivity index (χ1) is 0. The summed E-state index contributed by atoms with van der Waals surface area (Å²) in [6.07, 6.45) is 0. The van der Waals surface area contributed by atoms with Crippen LogP contribution in [0.25, 0.3) is 0 Å². The lowest BCUT2D eigenvalue weighted by atomic mass is 19.0. The lowest BCUT2D eigenvalue weighted by molar-refractivity contribution is -0.00100. The molecule has 0 bridgehead atoms. The molecule has 0 rings (SSSR count). The normalized spacial score (nSPS) is 0. The van der Waals surface area contributed by atoms with Gasteiger partial charge in [-0.05, 0) is 0 Å². The molecule has 0 saturated heterocycles. The smallest absolute Gasteiger partial charge is 0 e. The number of hydrogen-bond donors (Lipinski definition) is 0. The second-order valence-corrected chi connectivity index (χ2v) is 0. The van der Waals surface area contributed by atoms with Crippen molar-refractivity contribution in [1.29, 1.82) is 0 Å². The van der Waals surface area contributed by atoms with Crippen molar-refractivity contribution in [1.82, 2.24) is 0 Å². The molecule has 0 saturated carbocycles. The minimum atomic E-state index is 0. The zero-order chi connectivity index (χ0) is 0. The first kappa shape index (κ1) is 7500. The summed E-state index contributed by atoms with van der Waals surface area (Å²) in [7, 11) is 0. The third kappa shape index (κ3) is 2970. The van der Waals surface area contributed by atoms with Gasteiger partial charge in [0.25, 0.3) is 0 Å². The Bertz CT molecular complexity index is 4.35. The molecule has 0 atom stereocenters. The van der Waals surface area contributed by atoms with Crippen LogP contribution < -0.4 is 32.9 Å². The lowest BCUT2D eigenvalue weighted by Crippen LogP contribution is -3.00. The van der Waals surface area contributed by atoms with Gasteiger partial charge in [0.2, 0.25) is 0 Å². The van der Waals surface area contributed by atoms with Crippen LogP contribution in [0.5, 0.6) is 0 Å². The molecule has 0 aromatic carbocycles. The van der Waals surface area contributed by atoms with Crippen molar-refractivity contribution in [3.05, 3.63) is 0 Å². The second kappa shape index (κ2) is 4890. The van der Waals surface area contributed by atoms with Gasteiger partial charge in [0.1, 0.15) is 0 Å². The van der Waals surface area contributed by atoms with Crippen LogP contribution >= 0.6 is 24.0 Å². The summed E-state index contributed by atoms with van der Waals surface area (Å²) in [5.41, 5.74) is 0. The predicted molar refractivity (Wildman–Crippen MR) is 14.0 cm³/mol. The van der Waals surface area contributed by atoms with E-state index in [1.807, 2.05) is 0 Å². The summed E-state index contributed by atoms with van der Waals surface area (Å²) in [6, 6.07) is 0. The molecule has 0 unspecified atom stereocenters. The summed E-state index contributed by atoms with van der Waals surface area (Å²) >= 11 is 0. The van der Waals surface area contributed by atoms with Crippen molar-refractivity contribution in [2.75, 3.05) is 0 Å². The fourth-order valence-corrected chi connectivity index (χ4v) is 0. The van der Waals surface area contributed by atoms with Crippen LogP contribution in [0, 0.1) is 0 Å². The monoisotopic (exact) mass is 260 g/mol. The molecule has 0 spiro atoms. The standard InChI is InChI=1S/7FH.I/h7*1H;/p-7. The van der Waals surface area contributed by atoms with Crippen LogP contribution in [-0.2, 0) is 0 Å². The summed E-state index contributed by atoms with van der Waals surface area (Å²) < 4.78 is 0. The van der Waals surface area contributed by atoms with E-state index in [1.165, 1.54) is 0 Å². The summed E-state index contributed by atoms with van der Waals surface area (Å²) in [5, 5.41) is 0. The van der Waals surface area contributed by atoms with Crippen molar-refractivity contribution in [3.63, 3.8) is 0 Å². The Morgan fingerprint density at radius 2 is 0.250 bits per heavy atom. The first-order valence-electron chi connectivity index (χ1n) is 0. The Morgan fingerprint density at radius 1 is 0.250 bits per heavy atom. The Balaban J connectivity index is 0. The highest BCUT2D eigenvalue weighted by molar-refractivity contribution is 14.0. The molecule has 0 aliphatic carbocycles. The maximum atomic E-state index is 0. The van der Waals surface area contributed by atoms with Gasteiger partial charge in [-0.15, -0.1) is 0 Å². The van der Waals surface area contributed by atoms with Gasteiger partial charge in [-0.25, -0.2) is 0 Å². The molecule has 0 nitrogen and oxygen atoms in total. The summed E-state index contributed by atoms with van der Waals surface area (Å²) in [6.45, 7) is 0. The molecule has 0 N–H and O–H groups in total. The molecule has 0 aliphatic heterocycles. The molecular weight excluding hydrogens is 260 g/mol. The first-order valence-corrected chi connectivity index (χ1v) is 0. The molecule has 0 amide bonds. The van der Waals surface area contributed by atoms with Crippen molar-refractivity contribution in [2.24, 2.45) is 0 Å². The van der Waals surface area contributed by atoms with Crippen LogP contribution in [0.4, 0.5) is 0 Å². The maximum absolute atomic E-state index is 0. The molecule has 0 aromatic rings. The summed E-state index contributed by atoms with van der Waals surface area (Å²) in [4.78, 5) is 0. The molecule has 0 aliphatic rings. The molecular formula is F7I-7. The molecule has 63 valence electrons. The van der Waals surface area contributed by atoms with Crippen LogP contribution in [-0.4, -0.2) is 0 Å². The fourth-order valence-electron chi connectivity index (χ4n) is 0. The van der Waals surface area contributed by atoms with Gasteiger partial charge in [-0.1, -0.05) is 0 Å². The molecule has 8 heavy (non-hydrogen) atoms. The van der Waals surface area contributed by atoms with Crippen molar-refractivity contribution < 1.29 is 32.9 Å². The number of hydrogen-bond acceptors (Lipinski definition) is 0. The average Bonchev–Trinajstić information content (AvgIpc) is 0. The summed E-state index contributed by atoms with van der Waals surface area (Å²) in [5.74, 6) is 0. The van der Waals surface area contributed by atoms with Crippen LogP contribution in [0.3, 0.4) is 0 Å². The van der Waals surface area contributed by atoms with E-state index in [2.05, 4.69) is 0 Å². The van der Waals surface area contributed by atoms with Crippen molar-refractivity contribution >= 4 is 24.0 Å². The zero-order valence-electron chi connectivity index (χ0n) is 3.02.